The Balaban J connectivity index is 1.76. The largest absolute Gasteiger partial charge is 0.497 e. The molecule has 0 saturated heterocycles. The smallest absolute Gasteiger partial charge is 0.341 e. The van der Waals surface area contributed by atoms with Crippen LogP contribution in [-0.2, 0) is 22.4 Å². The van der Waals surface area contributed by atoms with Gasteiger partial charge in [0.15, 0.2) is 0 Å². The van der Waals surface area contributed by atoms with E-state index in [0.29, 0.717) is 40.3 Å². The van der Waals surface area contributed by atoms with Crippen molar-refractivity contribution in [3.63, 3.8) is 0 Å². The number of thiophene rings is 1. The molecule has 0 radical (unpaired) electrons. The summed E-state index contributed by atoms with van der Waals surface area (Å²) in [6.07, 6.45) is 2.78. The van der Waals surface area contributed by atoms with Gasteiger partial charge in [-0.05, 0) is 49.8 Å². The molecule has 1 atom stereocenters. The molecule has 1 aromatic carbocycles. The van der Waals surface area contributed by atoms with Crippen LogP contribution < -0.4 is 20.1 Å². The molecule has 1 unspecified atom stereocenters. The van der Waals surface area contributed by atoms with Gasteiger partial charge in [0, 0.05) is 10.9 Å². The van der Waals surface area contributed by atoms with Crippen LogP contribution >= 0.6 is 11.3 Å². The lowest BCUT2D eigenvalue weighted by Crippen LogP contribution is -2.23. The van der Waals surface area contributed by atoms with Crippen LogP contribution in [0.2, 0.25) is 0 Å². The number of hydrogen-bond acceptors (Lipinski definition) is 7. The van der Waals surface area contributed by atoms with Crippen LogP contribution in [0.3, 0.4) is 0 Å². The van der Waals surface area contributed by atoms with E-state index in [1.54, 1.807) is 39.3 Å². The van der Waals surface area contributed by atoms with Gasteiger partial charge in [0.25, 0.3) is 0 Å². The van der Waals surface area contributed by atoms with Crippen molar-refractivity contribution in [2.75, 3.05) is 38.0 Å². The number of hydrogen-bond donors (Lipinski definition) is 2. The predicted octanol–water partition coefficient (Wildman–Crippen LogP) is 4.12. The van der Waals surface area contributed by atoms with Crippen molar-refractivity contribution in [2.24, 2.45) is 5.92 Å². The van der Waals surface area contributed by atoms with Crippen LogP contribution in [0.25, 0.3) is 0 Å². The maximum atomic E-state index is 12.7. The number of amides is 1. The predicted molar refractivity (Wildman–Crippen MR) is 118 cm³/mol. The number of anilines is 2. The van der Waals surface area contributed by atoms with Crippen molar-refractivity contribution < 1.29 is 23.8 Å². The Morgan fingerprint density at radius 2 is 2.03 bits per heavy atom. The van der Waals surface area contributed by atoms with Gasteiger partial charge in [-0.1, -0.05) is 6.92 Å². The summed E-state index contributed by atoms with van der Waals surface area (Å²) in [4.78, 5) is 26.4. The quantitative estimate of drug-likeness (QED) is 0.611. The van der Waals surface area contributed by atoms with E-state index in [2.05, 4.69) is 17.6 Å². The molecule has 30 heavy (non-hydrogen) atoms. The summed E-state index contributed by atoms with van der Waals surface area (Å²) in [5.41, 5.74) is 2.18. The zero-order chi connectivity index (χ0) is 21.7. The van der Waals surface area contributed by atoms with Crippen LogP contribution in [-0.4, -0.2) is 39.2 Å². The van der Waals surface area contributed by atoms with Gasteiger partial charge in [-0.3, -0.25) is 4.79 Å². The first kappa shape index (κ1) is 22.0. The first-order valence-corrected chi connectivity index (χ1v) is 10.9. The maximum Gasteiger partial charge on any atom is 0.341 e. The Hall–Kier alpha value is -2.74. The summed E-state index contributed by atoms with van der Waals surface area (Å²) < 4.78 is 15.8. The number of ether oxygens (including phenoxy) is 3. The number of fused-ring (bicyclic) bond motifs is 1. The van der Waals surface area contributed by atoms with Crippen molar-refractivity contribution >= 4 is 33.9 Å². The van der Waals surface area contributed by atoms with E-state index in [1.165, 1.54) is 11.3 Å². The molecule has 1 aliphatic rings. The van der Waals surface area contributed by atoms with E-state index < -0.39 is 0 Å². The molecule has 0 saturated carbocycles. The number of benzene rings is 1. The van der Waals surface area contributed by atoms with E-state index in [4.69, 9.17) is 14.2 Å². The number of carbonyl (C=O) groups is 2. The molecule has 0 aliphatic heterocycles. The van der Waals surface area contributed by atoms with Gasteiger partial charge >= 0.3 is 5.97 Å². The zero-order valence-electron chi connectivity index (χ0n) is 17.8. The van der Waals surface area contributed by atoms with Crippen LogP contribution in [0.4, 0.5) is 10.7 Å². The summed E-state index contributed by atoms with van der Waals surface area (Å²) in [5.74, 6) is 1.20. The summed E-state index contributed by atoms with van der Waals surface area (Å²) in [5, 5.41) is 6.54. The normalized spacial score (nSPS) is 15.1. The van der Waals surface area contributed by atoms with E-state index in [9.17, 15) is 9.59 Å². The summed E-state index contributed by atoms with van der Waals surface area (Å²) in [6.45, 7) is 4.30. The highest BCUT2D eigenvalue weighted by Gasteiger charge is 2.29. The lowest BCUT2D eigenvalue weighted by Gasteiger charge is -2.18. The third-order valence-corrected chi connectivity index (χ3v) is 6.26. The zero-order valence-corrected chi connectivity index (χ0v) is 18.6. The molecule has 0 bridgehead atoms. The molecule has 1 amide bonds. The molecule has 162 valence electrons. The van der Waals surface area contributed by atoms with Gasteiger partial charge in [0.1, 0.15) is 16.5 Å². The molecule has 0 fully saturated rings. The summed E-state index contributed by atoms with van der Waals surface area (Å²) in [7, 11) is 3.14. The second kappa shape index (κ2) is 9.84. The van der Waals surface area contributed by atoms with Crippen LogP contribution in [0.15, 0.2) is 18.2 Å². The van der Waals surface area contributed by atoms with Crippen molar-refractivity contribution in [3.05, 3.63) is 34.2 Å². The first-order chi connectivity index (χ1) is 14.5. The van der Waals surface area contributed by atoms with Crippen molar-refractivity contribution in [2.45, 2.75) is 33.1 Å². The third kappa shape index (κ3) is 4.87. The Morgan fingerprint density at radius 1 is 1.23 bits per heavy atom. The molecule has 2 aromatic rings. The van der Waals surface area contributed by atoms with Gasteiger partial charge in [0.2, 0.25) is 5.91 Å². The van der Waals surface area contributed by atoms with Crippen LogP contribution in [0.5, 0.6) is 11.5 Å². The van der Waals surface area contributed by atoms with Gasteiger partial charge in [0.05, 0.1) is 38.6 Å². The van der Waals surface area contributed by atoms with E-state index in [1.807, 2.05) is 0 Å². The van der Waals surface area contributed by atoms with Gasteiger partial charge in [-0.25, -0.2) is 4.79 Å². The average Bonchev–Trinajstić information content (AvgIpc) is 3.08. The molecule has 8 heteroatoms. The fraction of sp³-hybridized carbons (Fsp3) is 0.455. The van der Waals surface area contributed by atoms with Crippen molar-refractivity contribution in [1.29, 1.82) is 0 Å². The molecular formula is C22H28N2O5S. The number of methoxy groups -OCH3 is 2. The second-order valence-electron chi connectivity index (χ2n) is 7.24. The summed E-state index contributed by atoms with van der Waals surface area (Å²) in [6, 6.07) is 5.32. The topological polar surface area (TPSA) is 85.9 Å². The Kier molecular flexibility index (Phi) is 7.20. The van der Waals surface area contributed by atoms with E-state index in [-0.39, 0.29) is 18.4 Å². The highest BCUT2D eigenvalue weighted by molar-refractivity contribution is 7.17. The standard InChI is InChI=1S/C22H28N2O5S/c1-5-29-22(26)20-15-8-6-13(2)10-18(15)30-21(20)24-19(25)12-23-16-11-14(27-3)7-9-17(16)28-4/h7,9,11,13,23H,5-6,8,10,12H2,1-4H3,(H,24,25). The Bertz CT molecular complexity index is 924. The minimum absolute atomic E-state index is 0.0186. The minimum atomic E-state index is -0.373. The highest BCUT2D eigenvalue weighted by atomic mass is 32.1. The average molecular weight is 433 g/mol. The monoisotopic (exact) mass is 432 g/mol. The minimum Gasteiger partial charge on any atom is -0.497 e. The Morgan fingerprint density at radius 3 is 2.73 bits per heavy atom. The Labute approximate surface area is 180 Å². The molecule has 1 aromatic heterocycles. The van der Waals surface area contributed by atoms with Gasteiger partial charge in [-0.15, -0.1) is 11.3 Å². The van der Waals surface area contributed by atoms with E-state index in [0.717, 1.165) is 29.7 Å². The van der Waals surface area contributed by atoms with Gasteiger partial charge < -0.3 is 24.8 Å². The lowest BCUT2D eigenvalue weighted by molar-refractivity contribution is -0.114. The fourth-order valence-electron chi connectivity index (χ4n) is 3.56. The molecule has 2 N–H and O–H groups in total. The third-order valence-electron chi connectivity index (χ3n) is 5.09. The van der Waals surface area contributed by atoms with Crippen LogP contribution in [0.1, 0.15) is 41.1 Å². The molecular weight excluding hydrogens is 404 g/mol. The number of carbonyl (C=O) groups excluding carboxylic acids is 2. The van der Waals surface area contributed by atoms with E-state index >= 15 is 0 Å². The molecule has 1 heterocycles. The highest BCUT2D eigenvalue weighted by Crippen LogP contribution is 2.40. The number of esters is 1. The van der Waals surface area contributed by atoms with Crippen LogP contribution in [0, 0.1) is 5.92 Å². The van der Waals surface area contributed by atoms with Crippen molar-refractivity contribution in [3.8, 4) is 11.5 Å². The van der Waals surface area contributed by atoms with Crippen molar-refractivity contribution in [1.82, 2.24) is 0 Å². The number of rotatable bonds is 8. The van der Waals surface area contributed by atoms with Gasteiger partial charge in [-0.2, -0.15) is 0 Å². The molecule has 3 rings (SSSR count). The maximum absolute atomic E-state index is 12.7. The lowest BCUT2D eigenvalue weighted by atomic mass is 9.88. The fourth-order valence-corrected chi connectivity index (χ4v) is 4.97. The number of nitrogens with one attached hydrogen (secondary N) is 2. The first-order valence-electron chi connectivity index (χ1n) is 10.0. The molecule has 7 nitrogen and oxygen atoms in total. The second-order valence-corrected chi connectivity index (χ2v) is 8.35. The summed E-state index contributed by atoms with van der Waals surface area (Å²) >= 11 is 1.48. The molecule has 1 aliphatic carbocycles. The molecule has 0 spiro atoms. The SMILES string of the molecule is CCOC(=O)c1c(NC(=O)CNc2cc(OC)ccc2OC)sc2c1CCC(C)C2.